The predicted molar refractivity (Wildman–Crippen MR) is 169 cm³/mol. The van der Waals surface area contributed by atoms with Crippen LogP contribution >= 0.6 is 11.6 Å². The molecule has 0 aliphatic heterocycles. The monoisotopic (exact) mass is 639 g/mol. The number of benzene rings is 3. The first-order chi connectivity index (χ1) is 22.3. The minimum atomic E-state index is -1.29. The van der Waals surface area contributed by atoms with Gasteiger partial charge in [-0.2, -0.15) is 14.9 Å². The van der Waals surface area contributed by atoms with Crippen molar-refractivity contribution in [2.75, 3.05) is 13.7 Å². The van der Waals surface area contributed by atoms with Gasteiger partial charge in [0.05, 0.1) is 37.6 Å². The lowest BCUT2D eigenvalue weighted by atomic mass is 9.96. The van der Waals surface area contributed by atoms with E-state index in [0.717, 1.165) is 11.1 Å². The third-order valence-electron chi connectivity index (χ3n) is 7.13. The molecule has 5 rings (SSSR count). The Morgan fingerprint density at radius 1 is 1.02 bits per heavy atom. The van der Waals surface area contributed by atoms with Gasteiger partial charge in [0.1, 0.15) is 18.1 Å². The van der Waals surface area contributed by atoms with Crippen LogP contribution in [0.2, 0.25) is 5.02 Å². The number of halogens is 1. The summed E-state index contributed by atoms with van der Waals surface area (Å²) in [5.41, 5.74) is 4.74. The normalized spacial score (nSPS) is 12.5. The SMILES string of the molecule is COC(=O)Cc1ccc(-c2cc([C@H](Cc3ccccc3)NC(=O)/C=C/c3cc(Cl)ccc3-n3cnnn3)nnc2C(O)CO)cc1. The first-order valence-electron chi connectivity index (χ1n) is 14.2. The molecule has 0 saturated carbocycles. The van der Waals surface area contributed by atoms with E-state index in [9.17, 15) is 19.8 Å². The molecule has 2 atom stereocenters. The number of aromatic nitrogens is 6. The molecule has 1 unspecified atom stereocenters. The highest BCUT2D eigenvalue weighted by molar-refractivity contribution is 6.30. The van der Waals surface area contributed by atoms with Crippen LogP contribution in [0.15, 0.2) is 91.3 Å². The summed E-state index contributed by atoms with van der Waals surface area (Å²) < 4.78 is 6.22. The van der Waals surface area contributed by atoms with E-state index in [4.69, 9.17) is 16.3 Å². The van der Waals surface area contributed by atoms with Gasteiger partial charge in [0, 0.05) is 22.2 Å². The molecule has 2 aromatic heterocycles. The summed E-state index contributed by atoms with van der Waals surface area (Å²) in [5.74, 6) is -0.772. The third-order valence-corrected chi connectivity index (χ3v) is 7.36. The Hall–Kier alpha value is -5.30. The minimum absolute atomic E-state index is 0.105. The van der Waals surface area contributed by atoms with Crippen molar-refractivity contribution in [1.29, 1.82) is 0 Å². The van der Waals surface area contributed by atoms with Gasteiger partial charge in [-0.15, -0.1) is 5.10 Å². The number of nitrogens with zero attached hydrogens (tertiary/aromatic N) is 6. The van der Waals surface area contributed by atoms with Gasteiger partial charge in [0.25, 0.3) is 0 Å². The zero-order valence-corrected chi connectivity index (χ0v) is 25.4. The number of amides is 1. The summed E-state index contributed by atoms with van der Waals surface area (Å²) in [5, 5.41) is 43.7. The van der Waals surface area contributed by atoms with Crippen LogP contribution in [0.25, 0.3) is 22.9 Å². The highest BCUT2D eigenvalue weighted by Gasteiger charge is 2.22. The molecule has 1 amide bonds. The number of tetrazole rings is 1. The number of methoxy groups -OCH3 is 1. The van der Waals surface area contributed by atoms with Crippen LogP contribution in [-0.4, -0.2) is 66.2 Å². The quantitative estimate of drug-likeness (QED) is 0.136. The highest BCUT2D eigenvalue weighted by Crippen LogP contribution is 2.30. The molecule has 0 aliphatic carbocycles. The average Bonchev–Trinajstić information content (AvgIpc) is 3.62. The van der Waals surface area contributed by atoms with E-state index in [1.807, 2.05) is 30.3 Å². The van der Waals surface area contributed by atoms with E-state index in [0.29, 0.717) is 39.5 Å². The molecule has 5 aromatic rings. The fourth-order valence-electron chi connectivity index (χ4n) is 4.80. The number of carbonyl (C=O) groups excluding carboxylic acids is 2. The topological polar surface area (TPSA) is 165 Å². The summed E-state index contributed by atoms with van der Waals surface area (Å²) in [6.45, 7) is -0.563. The molecular formula is C33H30ClN7O5. The van der Waals surface area contributed by atoms with Gasteiger partial charge in [0.2, 0.25) is 5.91 Å². The van der Waals surface area contributed by atoms with E-state index in [1.165, 1.54) is 24.2 Å². The van der Waals surface area contributed by atoms with Gasteiger partial charge >= 0.3 is 5.97 Å². The lowest BCUT2D eigenvalue weighted by molar-refractivity contribution is -0.139. The molecule has 3 N–H and O–H groups in total. The fraction of sp³-hybridized carbons (Fsp3) is 0.182. The Bertz CT molecular complexity index is 1820. The first-order valence-corrected chi connectivity index (χ1v) is 14.6. The number of hydrogen-bond acceptors (Lipinski definition) is 10. The van der Waals surface area contributed by atoms with Crippen molar-refractivity contribution in [3.8, 4) is 16.8 Å². The fourth-order valence-corrected chi connectivity index (χ4v) is 4.98. The van der Waals surface area contributed by atoms with Gasteiger partial charge in [-0.25, -0.2) is 0 Å². The highest BCUT2D eigenvalue weighted by atomic mass is 35.5. The summed E-state index contributed by atoms with van der Waals surface area (Å²) in [4.78, 5) is 25.1. The second-order valence-corrected chi connectivity index (χ2v) is 10.7. The summed E-state index contributed by atoms with van der Waals surface area (Å²) >= 11 is 6.23. The molecule has 13 heteroatoms. The Balaban J connectivity index is 1.48. The molecule has 12 nitrogen and oxygen atoms in total. The molecule has 0 saturated heterocycles. The summed E-state index contributed by atoms with van der Waals surface area (Å²) in [6.07, 6.45) is 3.65. The van der Waals surface area contributed by atoms with E-state index >= 15 is 0 Å². The van der Waals surface area contributed by atoms with Gasteiger partial charge in [0.15, 0.2) is 0 Å². The molecule has 46 heavy (non-hydrogen) atoms. The van der Waals surface area contributed by atoms with E-state index in [-0.39, 0.29) is 18.1 Å². The molecule has 0 spiro atoms. The standard InChI is InChI=1S/C33H30ClN7O5/c1-46-32(45)16-22-7-9-23(10-8-22)26-18-28(37-38-33(26)30(43)19-42)27(15-21-5-3-2-4-6-21)36-31(44)14-11-24-17-25(34)12-13-29(24)41-20-35-39-40-41/h2-14,17-18,20,27,30,42-43H,15-16,19H2,1H3,(H,36,44)/b14-11+/t27-,30?/m0/s1. The largest absolute Gasteiger partial charge is 0.469 e. The number of ether oxygens (including phenoxy) is 1. The van der Waals surface area contributed by atoms with Crippen LogP contribution < -0.4 is 5.32 Å². The van der Waals surface area contributed by atoms with Crippen molar-refractivity contribution in [2.45, 2.75) is 25.0 Å². The van der Waals surface area contributed by atoms with Crippen molar-refractivity contribution < 1.29 is 24.5 Å². The molecule has 0 aliphatic rings. The lowest BCUT2D eigenvalue weighted by Crippen LogP contribution is -2.29. The van der Waals surface area contributed by atoms with Gasteiger partial charge in [-0.05, 0) is 63.9 Å². The summed E-state index contributed by atoms with van der Waals surface area (Å²) in [7, 11) is 1.33. The van der Waals surface area contributed by atoms with Crippen LogP contribution in [0.1, 0.15) is 40.2 Å². The minimum Gasteiger partial charge on any atom is -0.469 e. The Labute approximate surface area is 269 Å². The van der Waals surface area contributed by atoms with Crippen molar-refractivity contribution in [3.63, 3.8) is 0 Å². The van der Waals surface area contributed by atoms with Crippen LogP contribution in [-0.2, 0) is 27.2 Å². The molecular weight excluding hydrogens is 610 g/mol. The molecule has 234 valence electrons. The van der Waals surface area contributed by atoms with Crippen molar-refractivity contribution in [3.05, 3.63) is 124 Å². The zero-order chi connectivity index (χ0) is 32.5. The maximum Gasteiger partial charge on any atom is 0.309 e. The number of hydrogen-bond donors (Lipinski definition) is 3. The van der Waals surface area contributed by atoms with Crippen LogP contribution in [0.5, 0.6) is 0 Å². The van der Waals surface area contributed by atoms with Crippen LogP contribution in [0.3, 0.4) is 0 Å². The number of rotatable bonds is 12. The lowest BCUT2D eigenvalue weighted by Gasteiger charge is -2.20. The molecule has 0 radical (unpaired) electrons. The Kier molecular flexibility index (Phi) is 10.6. The number of esters is 1. The smallest absolute Gasteiger partial charge is 0.309 e. The van der Waals surface area contributed by atoms with E-state index < -0.39 is 24.7 Å². The van der Waals surface area contributed by atoms with Gasteiger partial charge in [-0.1, -0.05) is 66.2 Å². The Morgan fingerprint density at radius 2 is 1.80 bits per heavy atom. The number of aliphatic hydroxyl groups is 2. The molecule has 2 heterocycles. The van der Waals surface area contributed by atoms with Crippen molar-refractivity contribution in [2.24, 2.45) is 0 Å². The second-order valence-electron chi connectivity index (χ2n) is 10.3. The van der Waals surface area contributed by atoms with Crippen molar-refractivity contribution in [1.82, 2.24) is 35.7 Å². The van der Waals surface area contributed by atoms with E-state index in [1.54, 1.807) is 54.6 Å². The van der Waals surface area contributed by atoms with Crippen molar-refractivity contribution >= 4 is 29.6 Å². The average molecular weight is 640 g/mol. The number of carbonyl (C=O) groups is 2. The first kappa shape index (κ1) is 32.1. The van der Waals surface area contributed by atoms with Gasteiger partial charge in [-0.3, -0.25) is 9.59 Å². The van der Waals surface area contributed by atoms with Crippen LogP contribution in [0, 0.1) is 0 Å². The van der Waals surface area contributed by atoms with Gasteiger partial charge < -0.3 is 20.3 Å². The second kappa shape index (κ2) is 15.1. The maximum atomic E-state index is 13.4. The van der Waals surface area contributed by atoms with Crippen LogP contribution in [0.4, 0.5) is 0 Å². The predicted octanol–water partition coefficient (Wildman–Crippen LogP) is 3.63. The summed E-state index contributed by atoms with van der Waals surface area (Å²) in [6, 6.07) is 23.0. The zero-order valence-electron chi connectivity index (χ0n) is 24.7. The maximum absolute atomic E-state index is 13.4. The number of aliphatic hydroxyl groups excluding tert-OH is 2. The Morgan fingerprint density at radius 3 is 2.50 bits per heavy atom. The molecule has 0 bridgehead atoms. The molecule has 0 fully saturated rings. The van der Waals surface area contributed by atoms with E-state index in [2.05, 4.69) is 31.0 Å². The molecule has 3 aromatic carbocycles. The third kappa shape index (κ3) is 8.04. The number of nitrogens with one attached hydrogen (secondary N) is 1.